The topological polar surface area (TPSA) is 18.5 Å². The van der Waals surface area contributed by atoms with Crippen LogP contribution in [0.15, 0.2) is 33.2 Å². The highest BCUT2D eigenvalue weighted by atomic mass is 79.9. The summed E-state index contributed by atoms with van der Waals surface area (Å²) in [6.07, 6.45) is 0. The van der Waals surface area contributed by atoms with Gasteiger partial charge in [-0.25, -0.2) is 0 Å². The summed E-state index contributed by atoms with van der Waals surface area (Å²) in [6.45, 7) is 0. The zero-order chi connectivity index (χ0) is 16.3. The fourth-order valence-electron chi connectivity index (χ4n) is 2.35. The summed E-state index contributed by atoms with van der Waals surface area (Å²) >= 11 is 14.4. The third-order valence-corrected chi connectivity index (χ3v) is 6.00. The molecule has 2 aromatic carbocycles. The van der Waals surface area contributed by atoms with Crippen LogP contribution in [-0.2, 0) is 10.7 Å². The predicted octanol–water partition coefficient (Wildman–Crippen LogP) is 6.69. The second-order valence-corrected chi connectivity index (χ2v) is 7.30. The first-order valence-corrected chi connectivity index (χ1v) is 10.2. The zero-order valence-electron chi connectivity index (χ0n) is 12.1. The van der Waals surface area contributed by atoms with Crippen molar-refractivity contribution in [2.45, 2.75) is 10.7 Å². The molecule has 0 amide bonds. The molecule has 0 radical (unpaired) electrons. The smallest absolute Gasteiger partial charge is 0.127 e. The van der Waals surface area contributed by atoms with Crippen molar-refractivity contribution in [3.63, 3.8) is 0 Å². The Morgan fingerprint density at radius 2 is 1.09 bits per heavy atom. The molecule has 0 aliphatic rings. The maximum Gasteiger partial charge on any atom is 0.127 e. The minimum Gasteiger partial charge on any atom is -0.496 e. The van der Waals surface area contributed by atoms with Crippen LogP contribution in [-0.4, -0.2) is 14.2 Å². The van der Waals surface area contributed by atoms with E-state index < -0.39 is 0 Å². The van der Waals surface area contributed by atoms with E-state index >= 15 is 0 Å². The lowest BCUT2D eigenvalue weighted by molar-refractivity contribution is 0.409. The highest BCUT2D eigenvalue weighted by Gasteiger charge is 2.22. The fraction of sp³-hybridized carbons (Fsp3) is 0.250. The van der Waals surface area contributed by atoms with Gasteiger partial charge in [0.15, 0.2) is 0 Å². The summed E-state index contributed by atoms with van der Waals surface area (Å²) in [6, 6.07) is 7.92. The maximum atomic E-state index is 5.61. The largest absolute Gasteiger partial charge is 0.496 e. The fourth-order valence-corrected chi connectivity index (χ4v) is 5.21. The number of alkyl halides is 2. The van der Waals surface area contributed by atoms with Gasteiger partial charge in [0.05, 0.1) is 14.2 Å². The Kier molecular flexibility index (Phi) is 6.80. The average Bonchev–Trinajstić information content (AvgIpc) is 2.54. The van der Waals surface area contributed by atoms with E-state index in [1.807, 2.05) is 24.3 Å². The zero-order valence-corrected chi connectivity index (χ0v) is 18.4. The molecule has 0 heterocycles. The third kappa shape index (κ3) is 3.40. The summed E-state index contributed by atoms with van der Waals surface area (Å²) in [7, 11) is 3.37. The van der Waals surface area contributed by atoms with Gasteiger partial charge in [0.2, 0.25) is 0 Å². The Morgan fingerprint density at radius 3 is 1.36 bits per heavy atom. The van der Waals surface area contributed by atoms with Gasteiger partial charge in [-0.15, -0.1) is 0 Å². The van der Waals surface area contributed by atoms with Crippen molar-refractivity contribution in [2.24, 2.45) is 0 Å². The monoisotopic (exact) mass is 554 g/mol. The Morgan fingerprint density at radius 1 is 0.727 bits per heavy atom. The van der Waals surface area contributed by atoms with Crippen molar-refractivity contribution in [3.05, 3.63) is 44.3 Å². The summed E-state index contributed by atoms with van der Waals surface area (Å²) in [5, 5.41) is 1.41. The Hall–Kier alpha value is -0.0400. The van der Waals surface area contributed by atoms with Gasteiger partial charge >= 0.3 is 0 Å². The standard InChI is InChI=1S/C16H14Br4O2/c1-21-13-5-3-11(19)9(7-17)15(13)16-10(8-18)12(20)4-6-14(16)22-2/h3-6H,7-8H2,1-2H3. The van der Waals surface area contributed by atoms with Crippen molar-refractivity contribution in [1.29, 1.82) is 0 Å². The summed E-state index contributed by atoms with van der Waals surface area (Å²) in [4.78, 5) is 0. The molecule has 0 spiro atoms. The van der Waals surface area contributed by atoms with Crippen molar-refractivity contribution < 1.29 is 9.47 Å². The first-order chi connectivity index (χ1) is 10.6. The van der Waals surface area contributed by atoms with Crippen molar-refractivity contribution in [2.75, 3.05) is 14.2 Å². The molecule has 2 aromatic rings. The molecule has 0 atom stereocenters. The molecule has 22 heavy (non-hydrogen) atoms. The molecule has 0 aromatic heterocycles. The molecule has 0 unspecified atom stereocenters. The highest BCUT2D eigenvalue weighted by molar-refractivity contribution is 9.11. The number of halogens is 4. The van der Waals surface area contributed by atoms with Crippen LogP contribution >= 0.6 is 63.7 Å². The number of ether oxygens (including phenoxy) is 2. The predicted molar refractivity (Wildman–Crippen MR) is 106 cm³/mol. The van der Waals surface area contributed by atoms with Gasteiger partial charge in [0, 0.05) is 30.7 Å². The van der Waals surface area contributed by atoms with Crippen LogP contribution in [0.2, 0.25) is 0 Å². The van der Waals surface area contributed by atoms with Gasteiger partial charge < -0.3 is 9.47 Å². The van der Waals surface area contributed by atoms with E-state index in [-0.39, 0.29) is 0 Å². The van der Waals surface area contributed by atoms with Crippen molar-refractivity contribution >= 4 is 63.7 Å². The van der Waals surface area contributed by atoms with Crippen molar-refractivity contribution in [1.82, 2.24) is 0 Å². The quantitative estimate of drug-likeness (QED) is 0.382. The minimum absolute atomic E-state index is 0.706. The van der Waals surface area contributed by atoms with E-state index in [9.17, 15) is 0 Å². The summed E-state index contributed by atoms with van der Waals surface area (Å²) in [5.41, 5.74) is 4.30. The number of methoxy groups -OCH3 is 2. The van der Waals surface area contributed by atoms with Gasteiger partial charge in [-0.05, 0) is 35.4 Å². The van der Waals surface area contributed by atoms with Gasteiger partial charge in [0.25, 0.3) is 0 Å². The first-order valence-electron chi connectivity index (χ1n) is 6.42. The number of rotatable bonds is 5. The van der Waals surface area contributed by atoms with E-state index in [0.717, 1.165) is 42.7 Å². The molecule has 2 rings (SSSR count). The van der Waals surface area contributed by atoms with Crippen LogP contribution in [0.25, 0.3) is 11.1 Å². The van der Waals surface area contributed by atoms with Gasteiger partial charge in [-0.3, -0.25) is 0 Å². The molecule has 0 saturated heterocycles. The second kappa shape index (κ2) is 8.18. The van der Waals surface area contributed by atoms with E-state index in [4.69, 9.17) is 9.47 Å². The first kappa shape index (κ1) is 18.3. The molecule has 6 heteroatoms. The van der Waals surface area contributed by atoms with Crippen LogP contribution in [0.5, 0.6) is 11.5 Å². The molecule has 118 valence electrons. The molecule has 0 fully saturated rings. The van der Waals surface area contributed by atoms with Crippen LogP contribution in [0.3, 0.4) is 0 Å². The summed E-state index contributed by atoms with van der Waals surface area (Å²) in [5.74, 6) is 1.63. The normalized spacial score (nSPS) is 10.6. The van der Waals surface area contributed by atoms with E-state index in [2.05, 4.69) is 63.7 Å². The van der Waals surface area contributed by atoms with Crippen LogP contribution in [0.4, 0.5) is 0 Å². The van der Waals surface area contributed by atoms with Crippen LogP contribution < -0.4 is 9.47 Å². The molecular formula is C16H14Br4O2. The van der Waals surface area contributed by atoms with Crippen molar-refractivity contribution in [3.8, 4) is 22.6 Å². The Balaban J connectivity index is 2.92. The lowest BCUT2D eigenvalue weighted by atomic mass is 9.94. The van der Waals surface area contributed by atoms with E-state index in [1.165, 1.54) is 0 Å². The molecule has 0 aliphatic carbocycles. The van der Waals surface area contributed by atoms with Gasteiger partial charge in [0.1, 0.15) is 11.5 Å². The average molecular weight is 558 g/mol. The highest BCUT2D eigenvalue weighted by Crippen LogP contribution is 2.46. The molecule has 0 N–H and O–H groups in total. The molecule has 0 saturated carbocycles. The Bertz CT molecular complexity index is 627. The second-order valence-electron chi connectivity index (χ2n) is 4.47. The lowest BCUT2D eigenvalue weighted by Crippen LogP contribution is -2.00. The molecule has 2 nitrogen and oxygen atoms in total. The lowest BCUT2D eigenvalue weighted by Gasteiger charge is -2.20. The minimum atomic E-state index is 0.706. The summed E-state index contributed by atoms with van der Waals surface area (Å²) < 4.78 is 13.3. The number of hydrogen-bond donors (Lipinski definition) is 0. The van der Waals surface area contributed by atoms with Gasteiger partial charge in [-0.1, -0.05) is 63.7 Å². The maximum absolute atomic E-state index is 5.61. The molecule has 0 aliphatic heterocycles. The van der Waals surface area contributed by atoms with E-state index in [0.29, 0.717) is 10.7 Å². The third-order valence-electron chi connectivity index (χ3n) is 3.39. The number of hydrogen-bond acceptors (Lipinski definition) is 2. The van der Waals surface area contributed by atoms with Crippen LogP contribution in [0, 0.1) is 0 Å². The van der Waals surface area contributed by atoms with Gasteiger partial charge in [-0.2, -0.15) is 0 Å². The van der Waals surface area contributed by atoms with E-state index in [1.54, 1.807) is 14.2 Å². The number of benzene rings is 2. The molecular weight excluding hydrogens is 544 g/mol. The Labute approximate surface area is 164 Å². The SMILES string of the molecule is COc1ccc(Br)c(CBr)c1-c1c(OC)ccc(Br)c1CBr. The van der Waals surface area contributed by atoms with Crippen LogP contribution in [0.1, 0.15) is 11.1 Å². The molecule has 0 bridgehead atoms.